The van der Waals surface area contributed by atoms with Gasteiger partial charge in [-0.05, 0) is 5.92 Å². The van der Waals surface area contributed by atoms with E-state index in [-0.39, 0.29) is 17.0 Å². The molecule has 0 bridgehead atoms. The lowest BCUT2D eigenvalue weighted by Gasteiger charge is -2.20. The lowest BCUT2D eigenvalue weighted by molar-refractivity contribution is 0.0991. The first-order chi connectivity index (χ1) is 8.79. The minimum absolute atomic E-state index is 0.0609. The summed E-state index contributed by atoms with van der Waals surface area (Å²) in [6, 6.07) is 0. The van der Waals surface area contributed by atoms with Gasteiger partial charge in [-0.15, -0.1) is 11.3 Å². The number of carbonyl (C=O) groups excluding carboxylic acids is 2. The van der Waals surface area contributed by atoms with E-state index in [0.29, 0.717) is 22.2 Å². The Labute approximate surface area is 117 Å². The zero-order chi connectivity index (χ0) is 14.7. The Bertz CT molecular complexity index is 494. The van der Waals surface area contributed by atoms with E-state index in [1.165, 1.54) is 11.3 Å². The number of nitrogens with two attached hydrogens (primary N) is 2. The molecule has 4 N–H and O–H groups in total. The summed E-state index contributed by atoms with van der Waals surface area (Å²) in [5.41, 5.74) is 11.8. The third kappa shape index (κ3) is 3.26. The fourth-order valence-corrected chi connectivity index (χ4v) is 3.14. The maximum atomic E-state index is 11.8. The third-order valence-corrected chi connectivity index (χ3v) is 4.09. The summed E-state index contributed by atoms with van der Waals surface area (Å²) in [7, 11) is 1.87. The van der Waals surface area contributed by atoms with Crippen molar-refractivity contribution in [2.24, 2.45) is 11.7 Å². The average molecular weight is 283 g/mol. The number of Topliss-reactive ketones (excluding diaryl/α,β-unsaturated/α-hetero) is 1. The molecule has 106 valence electrons. The van der Waals surface area contributed by atoms with E-state index in [9.17, 15) is 9.59 Å². The van der Waals surface area contributed by atoms with E-state index < -0.39 is 5.91 Å². The molecule has 1 rings (SSSR count). The topological polar surface area (TPSA) is 89.4 Å². The van der Waals surface area contributed by atoms with Crippen LogP contribution in [-0.4, -0.2) is 25.3 Å². The summed E-state index contributed by atoms with van der Waals surface area (Å²) in [4.78, 5) is 25.8. The van der Waals surface area contributed by atoms with Crippen LogP contribution >= 0.6 is 11.3 Å². The molecule has 0 saturated carbocycles. The van der Waals surface area contributed by atoms with E-state index in [1.807, 2.05) is 11.9 Å². The highest BCUT2D eigenvalue weighted by atomic mass is 32.1. The standard InChI is InChI=1S/C13H21N3O2S/c1-5-8(17)11-10(14)9(12(15)18)13(19-11)16(4)6-7(2)3/h7H,5-6,14H2,1-4H3,(H2,15,18). The second kappa shape index (κ2) is 6.06. The molecule has 0 unspecified atom stereocenters. The largest absolute Gasteiger partial charge is 0.397 e. The molecule has 5 nitrogen and oxygen atoms in total. The van der Waals surface area contributed by atoms with Crippen molar-refractivity contribution in [3.8, 4) is 0 Å². The van der Waals surface area contributed by atoms with Gasteiger partial charge >= 0.3 is 0 Å². The molecular formula is C13H21N3O2S. The monoisotopic (exact) mass is 283 g/mol. The molecule has 0 saturated heterocycles. The van der Waals surface area contributed by atoms with Gasteiger partial charge in [0.1, 0.15) is 5.00 Å². The second-order valence-electron chi connectivity index (χ2n) is 4.94. The molecule has 0 aromatic carbocycles. The van der Waals surface area contributed by atoms with Crippen molar-refractivity contribution < 1.29 is 9.59 Å². The van der Waals surface area contributed by atoms with Crippen molar-refractivity contribution in [1.82, 2.24) is 0 Å². The number of carbonyl (C=O) groups is 2. The summed E-state index contributed by atoms with van der Waals surface area (Å²) >= 11 is 1.25. The summed E-state index contributed by atoms with van der Waals surface area (Å²) in [6.45, 7) is 6.69. The Morgan fingerprint density at radius 3 is 2.37 bits per heavy atom. The Morgan fingerprint density at radius 1 is 1.37 bits per heavy atom. The van der Waals surface area contributed by atoms with Gasteiger partial charge in [0.25, 0.3) is 5.91 Å². The first kappa shape index (κ1) is 15.5. The van der Waals surface area contributed by atoms with Crippen LogP contribution in [0.25, 0.3) is 0 Å². The van der Waals surface area contributed by atoms with Crippen LogP contribution < -0.4 is 16.4 Å². The van der Waals surface area contributed by atoms with Gasteiger partial charge in [-0.1, -0.05) is 20.8 Å². The molecule has 6 heteroatoms. The molecule has 1 amide bonds. The van der Waals surface area contributed by atoms with Crippen molar-refractivity contribution in [1.29, 1.82) is 0 Å². The van der Waals surface area contributed by atoms with Crippen molar-refractivity contribution >= 4 is 33.7 Å². The van der Waals surface area contributed by atoms with Crippen LogP contribution in [0.1, 0.15) is 47.2 Å². The van der Waals surface area contributed by atoms with Crippen LogP contribution in [0, 0.1) is 5.92 Å². The van der Waals surface area contributed by atoms with Crippen LogP contribution in [0.3, 0.4) is 0 Å². The van der Waals surface area contributed by atoms with Crippen molar-refractivity contribution in [2.45, 2.75) is 27.2 Å². The quantitative estimate of drug-likeness (QED) is 0.782. The van der Waals surface area contributed by atoms with Crippen LogP contribution in [0.5, 0.6) is 0 Å². The molecule has 0 aliphatic carbocycles. The minimum Gasteiger partial charge on any atom is -0.397 e. The highest BCUT2D eigenvalue weighted by Gasteiger charge is 2.25. The first-order valence-electron chi connectivity index (χ1n) is 6.25. The molecule has 1 aromatic heterocycles. The number of rotatable bonds is 6. The van der Waals surface area contributed by atoms with Gasteiger partial charge in [0, 0.05) is 20.0 Å². The molecule has 1 heterocycles. The van der Waals surface area contributed by atoms with E-state index in [0.717, 1.165) is 6.54 Å². The van der Waals surface area contributed by atoms with Gasteiger partial charge in [0.05, 0.1) is 16.1 Å². The summed E-state index contributed by atoms with van der Waals surface area (Å²) in [5, 5.41) is 0.676. The number of ketones is 1. The summed E-state index contributed by atoms with van der Waals surface area (Å²) < 4.78 is 0. The van der Waals surface area contributed by atoms with Gasteiger partial charge in [0.2, 0.25) is 0 Å². The molecule has 19 heavy (non-hydrogen) atoms. The molecular weight excluding hydrogens is 262 g/mol. The van der Waals surface area contributed by atoms with Gasteiger partial charge in [-0.3, -0.25) is 9.59 Å². The normalized spacial score (nSPS) is 10.8. The molecule has 0 spiro atoms. The molecule has 0 atom stereocenters. The smallest absolute Gasteiger partial charge is 0.253 e. The number of thiophene rings is 1. The van der Waals surface area contributed by atoms with Crippen LogP contribution in [0.2, 0.25) is 0 Å². The van der Waals surface area contributed by atoms with E-state index >= 15 is 0 Å². The third-order valence-electron chi connectivity index (χ3n) is 2.73. The highest BCUT2D eigenvalue weighted by Crippen LogP contribution is 2.38. The highest BCUT2D eigenvalue weighted by molar-refractivity contribution is 7.19. The SMILES string of the molecule is CCC(=O)c1sc(N(C)CC(C)C)c(C(N)=O)c1N. The molecule has 0 aliphatic rings. The van der Waals surface area contributed by atoms with Gasteiger partial charge in [-0.2, -0.15) is 0 Å². The number of hydrogen-bond donors (Lipinski definition) is 2. The predicted molar refractivity (Wildman–Crippen MR) is 80.0 cm³/mol. The number of nitrogen functional groups attached to an aromatic ring is 1. The molecule has 0 fully saturated rings. The van der Waals surface area contributed by atoms with Crippen LogP contribution in [0.15, 0.2) is 0 Å². The van der Waals surface area contributed by atoms with Crippen LogP contribution in [0.4, 0.5) is 10.7 Å². The fraction of sp³-hybridized carbons (Fsp3) is 0.538. The number of anilines is 2. The van der Waals surface area contributed by atoms with E-state index in [2.05, 4.69) is 13.8 Å². The zero-order valence-corrected chi connectivity index (χ0v) is 12.6. The number of hydrogen-bond acceptors (Lipinski definition) is 5. The Balaban J connectivity index is 3.30. The number of amides is 1. The number of nitrogens with zero attached hydrogens (tertiary/aromatic N) is 1. The predicted octanol–water partition coefficient (Wildman–Crippen LogP) is 2.11. The van der Waals surface area contributed by atoms with E-state index in [4.69, 9.17) is 11.5 Å². The van der Waals surface area contributed by atoms with Gasteiger partial charge in [0.15, 0.2) is 5.78 Å². The first-order valence-corrected chi connectivity index (χ1v) is 7.07. The average Bonchev–Trinajstić information content (AvgIpc) is 2.65. The lowest BCUT2D eigenvalue weighted by atomic mass is 10.1. The lowest BCUT2D eigenvalue weighted by Crippen LogP contribution is -2.25. The van der Waals surface area contributed by atoms with Gasteiger partial charge in [-0.25, -0.2) is 0 Å². The fourth-order valence-electron chi connectivity index (χ4n) is 1.94. The van der Waals surface area contributed by atoms with E-state index in [1.54, 1.807) is 6.92 Å². The van der Waals surface area contributed by atoms with Crippen molar-refractivity contribution in [3.63, 3.8) is 0 Å². The molecule has 1 aromatic rings. The maximum Gasteiger partial charge on any atom is 0.253 e. The molecule has 0 radical (unpaired) electrons. The van der Waals surface area contributed by atoms with Crippen molar-refractivity contribution in [2.75, 3.05) is 24.2 Å². The summed E-state index contributed by atoms with van der Waals surface area (Å²) in [6.07, 6.45) is 0.357. The Kier molecular flexibility index (Phi) is 4.94. The zero-order valence-electron chi connectivity index (χ0n) is 11.8. The summed E-state index contributed by atoms with van der Waals surface area (Å²) in [5.74, 6) is -0.219. The minimum atomic E-state index is -0.588. The molecule has 0 aliphatic heterocycles. The Hall–Kier alpha value is -1.56. The van der Waals surface area contributed by atoms with Crippen LogP contribution in [-0.2, 0) is 0 Å². The van der Waals surface area contributed by atoms with Crippen molar-refractivity contribution in [3.05, 3.63) is 10.4 Å². The van der Waals surface area contributed by atoms with Gasteiger partial charge < -0.3 is 16.4 Å². The number of primary amides is 1. The Morgan fingerprint density at radius 2 is 1.95 bits per heavy atom. The second-order valence-corrected chi connectivity index (χ2v) is 5.94. The maximum absolute atomic E-state index is 11.8.